The van der Waals surface area contributed by atoms with Crippen molar-refractivity contribution in [1.29, 1.82) is 0 Å². The molecule has 0 aromatic rings. The van der Waals surface area contributed by atoms with Crippen LogP contribution in [-0.2, 0) is 4.79 Å². The fraction of sp³-hybridized carbons (Fsp3) is 0.750. The van der Waals surface area contributed by atoms with Gasteiger partial charge in [-0.25, -0.2) is 9.79 Å². The summed E-state index contributed by atoms with van der Waals surface area (Å²) in [6, 6.07) is 0.280. The van der Waals surface area contributed by atoms with Gasteiger partial charge in [0.15, 0.2) is 0 Å². The van der Waals surface area contributed by atoms with Gasteiger partial charge < -0.3 is 0 Å². The van der Waals surface area contributed by atoms with Crippen LogP contribution in [0.3, 0.4) is 0 Å². The molecule has 1 rings (SSSR count). The second kappa shape index (κ2) is 4.96. The molecule has 0 aliphatic heterocycles. The van der Waals surface area contributed by atoms with Crippen molar-refractivity contribution in [2.75, 3.05) is 0 Å². The molecule has 0 N–H and O–H groups in total. The highest BCUT2D eigenvalue weighted by Gasteiger charge is 2.32. The monoisotopic (exact) mass is 308 g/mol. The van der Waals surface area contributed by atoms with Crippen LogP contribution in [-0.4, -0.2) is 20.8 Å². The van der Waals surface area contributed by atoms with Crippen LogP contribution in [0.5, 0.6) is 0 Å². The van der Waals surface area contributed by atoms with E-state index in [2.05, 4.69) is 50.0 Å². The van der Waals surface area contributed by atoms with Gasteiger partial charge in [-0.05, 0) is 37.9 Å². The Hall–Kier alpha value is -0.0900. The zero-order valence-electron chi connectivity index (χ0n) is 6.99. The normalized spacial score (nSPS) is 32.8. The van der Waals surface area contributed by atoms with Gasteiger partial charge in [0.05, 0.1) is 11.2 Å². The lowest BCUT2D eigenvalue weighted by Gasteiger charge is -2.28. The fourth-order valence-electron chi connectivity index (χ4n) is 1.44. The van der Waals surface area contributed by atoms with Crippen molar-refractivity contribution < 1.29 is 4.79 Å². The molecule has 0 atom stereocenters. The van der Waals surface area contributed by atoms with E-state index in [-0.39, 0.29) is 9.59 Å². The number of isothiocyanates is 1. The Balaban J connectivity index is 2.55. The molecule has 1 aliphatic carbocycles. The van der Waals surface area contributed by atoms with Gasteiger partial charge in [-0.2, -0.15) is 4.99 Å². The molecule has 70 valence electrons. The van der Waals surface area contributed by atoms with E-state index in [1.165, 1.54) is 0 Å². The van der Waals surface area contributed by atoms with Crippen LogP contribution in [0, 0.1) is 0 Å². The van der Waals surface area contributed by atoms with Crippen molar-refractivity contribution in [3.63, 3.8) is 0 Å². The molecule has 0 aromatic heterocycles. The van der Waals surface area contributed by atoms with Crippen LogP contribution >= 0.6 is 34.8 Å². The molecule has 0 amide bonds. The second-order valence-electron chi connectivity index (χ2n) is 3.07. The summed E-state index contributed by atoms with van der Waals surface area (Å²) in [5.74, 6) is 0. The van der Waals surface area contributed by atoms with Crippen LogP contribution in [0.15, 0.2) is 9.98 Å². The van der Waals surface area contributed by atoms with Crippen molar-refractivity contribution >= 4 is 46.0 Å². The lowest BCUT2D eigenvalue weighted by atomic mass is 9.92. The first-order valence-electron chi connectivity index (χ1n) is 4.05. The molecular formula is C8H9IN2OS. The van der Waals surface area contributed by atoms with E-state index in [1.54, 1.807) is 6.08 Å². The third kappa shape index (κ3) is 3.27. The van der Waals surface area contributed by atoms with Crippen molar-refractivity contribution in [2.24, 2.45) is 9.98 Å². The standard InChI is InChI=1S/C8H9IN2OS/c9-8(11-5-12)3-1-7(2-4-8)10-6-13/h7H,1-4H2. The number of rotatable bonds is 2. The third-order valence-corrected chi connectivity index (χ3v) is 3.63. The Labute approximate surface area is 95.9 Å². The van der Waals surface area contributed by atoms with Crippen molar-refractivity contribution in [2.45, 2.75) is 35.3 Å². The lowest BCUT2D eigenvalue weighted by Crippen LogP contribution is -2.27. The Morgan fingerprint density at radius 2 is 2.08 bits per heavy atom. The van der Waals surface area contributed by atoms with E-state index >= 15 is 0 Å². The zero-order chi connectivity index (χ0) is 9.73. The quantitative estimate of drug-likeness (QED) is 0.196. The molecule has 1 fully saturated rings. The molecule has 0 aromatic carbocycles. The van der Waals surface area contributed by atoms with Crippen LogP contribution in [0.4, 0.5) is 0 Å². The molecule has 0 unspecified atom stereocenters. The Morgan fingerprint density at radius 3 is 2.54 bits per heavy atom. The molecule has 1 saturated carbocycles. The summed E-state index contributed by atoms with van der Waals surface area (Å²) in [6.45, 7) is 0. The van der Waals surface area contributed by atoms with E-state index in [1.807, 2.05) is 0 Å². The maximum absolute atomic E-state index is 10.1. The summed E-state index contributed by atoms with van der Waals surface area (Å²) in [6.07, 6.45) is 5.22. The summed E-state index contributed by atoms with van der Waals surface area (Å²) < 4.78 is -0.243. The highest BCUT2D eigenvalue weighted by atomic mass is 127. The number of isocyanates is 1. The Morgan fingerprint density at radius 1 is 1.46 bits per heavy atom. The average Bonchev–Trinajstić information content (AvgIpc) is 2.10. The second-order valence-corrected chi connectivity index (χ2v) is 5.26. The first kappa shape index (κ1) is 11.0. The van der Waals surface area contributed by atoms with Crippen molar-refractivity contribution in [3.8, 4) is 0 Å². The van der Waals surface area contributed by atoms with E-state index in [4.69, 9.17) is 0 Å². The number of carbonyl (C=O) groups excluding carboxylic acids is 1. The molecule has 1 aliphatic rings. The topological polar surface area (TPSA) is 41.8 Å². The largest absolute Gasteiger partial charge is 0.236 e. The summed E-state index contributed by atoms with van der Waals surface area (Å²) in [7, 11) is 0. The average molecular weight is 308 g/mol. The molecule has 0 radical (unpaired) electrons. The molecule has 0 heterocycles. The Kier molecular flexibility index (Phi) is 4.19. The van der Waals surface area contributed by atoms with Crippen LogP contribution in [0.1, 0.15) is 25.7 Å². The third-order valence-electron chi connectivity index (χ3n) is 2.20. The fourth-order valence-corrected chi connectivity index (χ4v) is 2.31. The first-order valence-corrected chi connectivity index (χ1v) is 5.54. The molecule has 3 nitrogen and oxygen atoms in total. The van der Waals surface area contributed by atoms with Gasteiger partial charge in [-0.15, -0.1) is 0 Å². The summed E-state index contributed by atoms with van der Waals surface area (Å²) in [5.41, 5.74) is 0. The van der Waals surface area contributed by atoms with Gasteiger partial charge in [0.2, 0.25) is 6.08 Å². The van der Waals surface area contributed by atoms with Crippen LogP contribution in [0.2, 0.25) is 0 Å². The van der Waals surface area contributed by atoms with Crippen LogP contribution in [0.25, 0.3) is 0 Å². The highest BCUT2D eigenvalue weighted by Crippen LogP contribution is 2.38. The van der Waals surface area contributed by atoms with Gasteiger partial charge in [0, 0.05) is 0 Å². The zero-order valence-corrected chi connectivity index (χ0v) is 9.97. The summed E-state index contributed by atoms with van der Waals surface area (Å²) >= 11 is 6.75. The van der Waals surface area contributed by atoms with Gasteiger partial charge in [-0.1, -0.05) is 22.6 Å². The van der Waals surface area contributed by atoms with Crippen molar-refractivity contribution in [3.05, 3.63) is 0 Å². The summed E-state index contributed by atoms with van der Waals surface area (Å²) in [5, 5.41) is 2.39. The van der Waals surface area contributed by atoms with E-state index in [9.17, 15) is 4.79 Å². The predicted molar refractivity (Wildman–Crippen MR) is 62.2 cm³/mol. The van der Waals surface area contributed by atoms with Crippen LogP contribution < -0.4 is 0 Å². The lowest BCUT2D eigenvalue weighted by molar-refractivity contribution is 0.384. The number of thiocarbonyl (C=S) groups is 1. The maximum Gasteiger partial charge on any atom is 0.236 e. The van der Waals surface area contributed by atoms with E-state index in [0.29, 0.717) is 0 Å². The highest BCUT2D eigenvalue weighted by molar-refractivity contribution is 14.1. The molecule has 0 saturated heterocycles. The van der Waals surface area contributed by atoms with Gasteiger partial charge >= 0.3 is 0 Å². The number of hydrogen-bond donors (Lipinski definition) is 0. The van der Waals surface area contributed by atoms with Gasteiger partial charge in [0.25, 0.3) is 0 Å². The Bertz CT molecular complexity index is 274. The molecular weight excluding hydrogens is 299 g/mol. The number of alkyl halides is 1. The number of aliphatic imine (C=N–C) groups is 2. The number of halogens is 1. The molecule has 0 spiro atoms. The number of hydrogen-bond acceptors (Lipinski definition) is 4. The number of nitrogens with zero attached hydrogens (tertiary/aromatic N) is 2. The minimum Gasteiger partial charge on any atom is -0.229 e. The minimum absolute atomic E-state index is 0.243. The van der Waals surface area contributed by atoms with E-state index < -0.39 is 0 Å². The molecule has 5 heteroatoms. The predicted octanol–water partition coefficient (Wildman–Crippen LogP) is 2.50. The van der Waals surface area contributed by atoms with E-state index in [0.717, 1.165) is 25.7 Å². The minimum atomic E-state index is -0.243. The molecule has 13 heavy (non-hydrogen) atoms. The molecule has 0 bridgehead atoms. The smallest absolute Gasteiger partial charge is 0.229 e. The van der Waals surface area contributed by atoms with Crippen molar-refractivity contribution in [1.82, 2.24) is 0 Å². The summed E-state index contributed by atoms with van der Waals surface area (Å²) in [4.78, 5) is 18.0. The SMILES string of the molecule is O=C=NC1(I)CCC(N=C=S)CC1. The van der Waals surface area contributed by atoms with Gasteiger partial charge in [-0.3, -0.25) is 0 Å². The van der Waals surface area contributed by atoms with Gasteiger partial charge in [0.1, 0.15) is 3.55 Å². The maximum atomic E-state index is 10.1. The first-order chi connectivity index (χ1) is 6.20.